The number of hydrogen-bond donors (Lipinski definition) is 1. The number of rotatable bonds is 2. The molecular formula is C8H13NO. The van der Waals surface area contributed by atoms with Crippen LogP contribution in [0, 0.1) is 5.92 Å². The smallest absolute Gasteiger partial charge is 0.246 e. The highest BCUT2D eigenvalue weighted by Gasteiger charge is 2.19. The van der Waals surface area contributed by atoms with Crippen LogP contribution in [-0.4, -0.2) is 13.0 Å². The van der Waals surface area contributed by atoms with Crippen molar-refractivity contribution in [1.82, 2.24) is 5.32 Å². The van der Waals surface area contributed by atoms with Gasteiger partial charge < -0.3 is 5.32 Å². The Balaban J connectivity index is 2.44. The number of hydrogen-bond acceptors (Lipinski definition) is 1. The second-order valence-electron chi connectivity index (χ2n) is 2.77. The molecule has 1 amide bonds. The van der Waals surface area contributed by atoms with Gasteiger partial charge in [-0.05, 0) is 25.7 Å². The van der Waals surface area contributed by atoms with Crippen LogP contribution in [0.2, 0.25) is 0 Å². The number of carbonyl (C=O) groups is 1. The fourth-order valence-corrected chi connectivity index (χ4v) is 0.889. The van der Waals surface area contributed by atoms with Gasteiger partial charge in [0.2, 0.25) is 5.91 Å². The highest BCUT2D eigenvalue weighted by atomic mass is 16.1. The van der Waals surface area contributed by atoms with Crippen LogP contribution in [0.3, 0.4) is 0 Å². The first-order valence-electron chi connectivity index (χ1n) is 3.64. The van der Waals surface area contributed by atoms with Crippen molar-refractivity contribution in [2.24, 2.45) is 5.92 Å². The lowest BCUT2D eigenvalue weighted by Crippen LogP contribution is -2.18. The molecule has 1 aliphatic carbocycles. The average Bonchev–Trinajstić information content (AvgIpc) is 2.70. The Morgan fingerprint density at radius 1 is 1.60 bits per heavy atom. The Labute approximate surface area is 61.3 Å². The molecule has 0 radical (unpaired) electrons. The minimum atomic E-state index is 0.0481. The molecule has 0 aromatic heterocycles. The number of nitrogens with one attached hydrogen (secondary N) is 1. The Morgan fingerprint density at radius 2 is 2.20 bits per heavy atom. The summed E-state index contributed by atoms with van der Waals surface area (Å²) in [6.07, 6.45) is 4.57. The Kier molecular flexibility index (Phi) is 2.10. The molecule has 0 spiro atoms. The van der Waals surface area contributed by atoms with Gasteiger partial charge in [0.15, 0.2) is 0 Å². The van der Waals surface area contributed by atoms with Crippen LogP contribution in [0.25, 0.3) is 0 Å². The normalized spacial score (nSPS) is 18.8. The standard InChI is InChI=1S/C8H13NO/c1-6(8(10)9-2)5-7-3-4-7/h5,7H,3-4H2,1-2H3,(H,9,10)/b6-5+. The third-order valence-corrected chi connectivity index (χ3v) is 1.69. The summed E-state index contributed by atoms with van der Waals surface area (Å²) in [5.74, 6) is 0.740. The fraction of sp³-hybridized carbons (Fsp3) is 0.625. The van der Waals surface area contributed by atoms with Crippen molar-refractivity contribution in [3.05, 3.63) is 11.6 Å². The molecule has 2 heteroatoms. The molecular weight excluding hydrogens is 126 g/mol. The molecule has 56 valence electrons. The van der Waals surface area contributed by atoms with Crippen LogP contribution in [0.1, 0.15) is 19.8 Å². The largest absolute Gasteiger partial charge is 0.355 e. The van der Waals surface area contributed by atoms with E-state index in [1.54, 1.807) is 7.05 Å². The molecule has 0 unspecified atom stereocenters. The van der Waals surface area contributed by atoms with E-state index in [2.05, 4.69) is 11.4 Å². The number of likely N-dealkylation sites (N-methyl/N-ethyl adjacent to an activating group) is 1. The second kappa shape index (κ2) is 2.86. The van der Waals surface area contributed by atoms with E-state index in [-0.39, 0.29) is 5.91 Å². The summed E-state index contributed by atoms with van der Waals surface area (Å²) < 4.78 is 0. The van der Waals surface area contributed by atoms with Gasteiger partial charge in [-0.25, -0.2) is 0 Å². The Hall–Kier alpha value is -0.790. The molecule has 0 heterocycles. The lowest BCUT2D eigenvalue weighted by atomic mass is 10.2. The van der Waals surface area contributed by atoms with Gasteiger partial charge in [0.25, 0.3) is 0 Å². The van der Waals surface area contributed by atoms with Crippen LogP contribution in [-0.2, 0) is 4.79 Å². The monoisotopic (exact) mass is 139 g/mol. The fourth-order valence-electron chi connectivity index (χ4n) is 0.889. The van der Waals surface area contributed by atoms with Crippen molar-refractivity contribution in [3.63, 3.8) is 0 Å². The maximum absolute atomic E-state index is 10.9. The zero-order chi connectivity index (χ0) is 7.56. The maximum atomic E-state index is 10.9. The third-order valence-electron chi connectivity index (χ3n) is 1.69. The molecule has 1 aliphatic rings. The predicted octanol–water partition coefficient (Wildman–Crippen LogP) is 1.09. The van der Waals surface area contributed by atoms with E-state index in [0.29, 0.717) is 5.92 Å². The summed E-state index contributed by atoms with van der Waals surface area (Å²) in [7, 11) is 1.66. The minimum Gasteiger partial charge on any atom is -0.355 e. The van der Waals surface area contributed by atoms with Crippen molar-refractivity contribution in [1.29, 1.82) is 0 Å². The SMILES string of the molecule is CNC(=O)/C(C)=C/C1CC1. The van der Waals surface area contributed by atoms with Crippen LogP contribution < -0.4 is 5.32 Å². The van der Waals surface area contributed by atoms with Gasteiger partial charge in [-0.3, -0.25) is 4.79 Å². The minimum absolute atomic E-state index is 0.0481. The van der Waals surface area contributed by atoms with Gasteiger partial charge in [-0.2, -0.15) is 0 Å². The van der Waals surface area contributed by atoms with Crippen molar-refractivity contribution in [2.45, 2.75) is 19.8 Å². The van der Waals surface area contributed by atoms with Crippen LogP contribution >= 0.6 is 0 Å². The van der Waals surface area contributed by atoms with Gasteiger partial charge in [0, 0.05) is 12.6 Å². The predicted molar refractivity (Wildman–Crippen MR) is 40.5 cm³/mol. The van der Waals surface area contributed by atoms with E-state index in [4.69, 9.17) is 0 Å². The van der Waals surface area contributed by atoms with Crippen molar-refractivity contribution in [2.75, 3.05) is 7.05 Å². The first-order valence-corrected chi connectivity index (χ1v) is 3.64. The lowest BCUT2D eigenvalue weighted by Gasteiger charge is -1.96. The van der Waals surface area contributed by atoms with Gasteiger partial charge in [0.1, 0.15) is 0 Å². The van der Waals surface area contributed by atoms with Gasteiger partial charge in [-0.1, -0.05) is 6.08 Å². The van der Waals surface area contributed by atoms with Crippen molar-refractivity contribution in [3.8, 4) is 0 Å². The summed E-state index contributed by atoms with van der Waals surface area (Å²) in [5, 5.41) is 2.59. The molecule has 0 saturated heterocycles. The van der Waals surface area contributed by atoms with E-state index in [1.165, 1.54) is 12.8 Å². The molecule has 1 fully saturated rings. The summed E-state index contributed by atoms with van der Waals surface area (Å²) >= 11 is 0. The molecule has 0 atom stereocenters. The molecule has 0 aromatic rings. The van der Waals surface area contributed by atoms with E-state index in [0.717, 1.165) is 5.57 Å². The molecule has 0 aromatic carbocycles. The second-order valence-corrected chi connectivity index (χ2v) is 2.77. The van der Waals surface area contributed by atoms with Gasteiger partial charge >= 0.3 is 0 Å². The summed E-state index contributed by atoms with van der Waals surface area (Å²) in [6, 6.07) is 0. The number of carbonyl (C=O) groups excluding carboxylic acids is 1. The molecule has 0 aliphatic heterocycles. The van der Waals surface area contributed by atoms with E-state index in [1.807, 2.05) is 6.92 Å². The summed E-state index contributed by atoms with van der Waals surface area (Å²) in [6.45, 7) is 1.86. The van der Waals surface area contributed by atoms with Gasteiger partial charge in [-0.15, -0.1) is 0 Å². The zero-order valence-electron chi connectivity index (χ0n) is 6.48. The summed E-state index contributed by atoms with van der Waals surface area (Å²) in [5.41, 5.74) is 0.852. The Morgan fingerprint density at radius 3 is 2.60 bits per heavy atom. The quantitative estimate of drug-likeness (QED) is 0.570. The first kappa shape index (κ1) is 7.32. The van der Waals surface area contributed by atoms with E-state index >= 15 is 0 Å². The van der Waals surface area contributed by atoms with Gasteiger partial charge in [0.05, 0.1) is 0 Å². The molecule has 10 heavy (non-hydrogen) atoms. The Bertz CT molecular complexity index is 168. The molecule has 0 bridgehead atoms. The van der Waals surface area contributed by atoms with Crippen molar-refractivity contribution >= 4 is 5.91 Å². The third kappa shape index (κ3) is 1.87. The highest BCUT2D eigenvalue weighted by Crippen LogP contribution is 2.31. The van der Waals surface area contributed by atoms with Crippen LogP contribution in [0.15, 0.2) is 11.6 Å². The molecule has 1 rings (SSSR count). The maximum Gasteiger partial charge on any atom is 0.246 e. The summed E-state index contributed by atoms with van der Waals surface area (Å²) in [4.78, 5) is 10.9. The van der Waals surface area contributed by atoms with E-state index < -0.39 is 0 Å². The average molecular weight is 139 g/mol. The van der Waals surface area contributed by atoms with Crippen molar-refractivity contribution < 1.29 is 4.79 Å². The zero-order valence-corrected chi connectivity index (χ0v) is 6.48. The molecule has 1 N–H and O–H groups in total. The lowest BCUT2D eigenvalue weighted by molar-refractivity contribution is -0.117. The van der Waals surface area contributed by atoms with Crippen LogP contribution in [0.4, 0.5) is 0 Å². The topological polar surface area (TPSA) is 29.1 Å². The molecule has 1 saturated carbocycles. The number of amides is 1. The molecule has 2 nitrogen and oxygen atoms in total. The van der Waals surface area contributed by atoms with E-state index in [9.17, 15) is 4.79 Å². The van der Waals surface area contributed by atoms with Crippen LogP contribution in [0.5, 0.6) is 0 Å². The number of allylic oxidation sites excluding steroid dienone is 1. The highest BCUT2D eigenvalue weighted by molar-refractivity contribution is 5.92. The first-order chi connectivity index (χ1) is 4.74.